The normalized spacial score (nSPS) is 30.8. The van der Waals surface area contributed by atoms with E-state index in [4.69, 9.17) is 4.74 Å². The minimum absolute atomic E-state index is 0.0283. The van der Waals surface area contributed by atoms with Gasteiger partial charge in [-0.05, 0) is 12.3 Å². The molecular weight excluding hydrogens is 280 g/mol. The van der Waals surface area contributed by atoms with E-state index in [0.717, 1.165) is 0 Å². The summed E-state index contributed by atoms with van der Waals surface area (Å²) in [4.78, 5) is 13.7. The van der Waals surface area contributed by atoms with Crippen LogP contribution in [0.2, 0.25) is 0 Å². The van der Waals surface area contributed by atoms with Gasteiger partial charge < -0.3 is 9.64 Å². The maximum Gasteiger partial charge on any atom is 0.227 e. The van der Waals surface area contributed by atoms with Crippen molar-refractivity contribution in [2.45, 2.75) is 32.5 Å². The van der Waals surface area contributed by atoms with Gasteiger partial charge in [0.05, 0.1) is 23.9 Å². The second-order valence-electron chi connectivity index (χ2n) is 6.36. The second-order valence-corrected chi connectivity index (χ2v) is 8.37. The van der Waals surface area contributed by atoms with Crippen LogP contribution in [0.15, 0.2) is 0 Å². The number of hydrogen-bond donors (Lipinski definition) is 0. The van der Waals surface area contributed by atoms with Gasteiger partial charge in [0.25, 0.3) is 0 Å². The SMILES string of the molecule is CC(C)CS(=O)(=O)N1C[C@@H]2C[C@@H](C(=O)N(C)C)[C@H](C1)O2. The van der Waals surface area contributed by atoms with E-state index in [1.807, 2.05) is 13.8 Å². The third kappa shape index (κ3) is 3.15. The molecule has 1 amide bonds. The summed E-state index contributed by atoms with van der Waals surface area (Å²) < 4.78 is 31.9. The van der Waals surface area contributed by atoms with Gasteiger partial charge in [-0.2, -0.15) is 4.31 Å². The number of rotatable bonds is 4. The molecule has 2 heterocycles. The number of morpholine rings is 1. The lowest BCUT2D eigenvalue weighted by Crippen LogP contribution is -2.48. The maximum atomic E-state index is 12.3. The molecule has 0 aromatic rings. The first-order valence-corrected chi connectivity index (χ1v) is 8.66. The van der Waals surface area contributed by atoms with Crippen LogP contribution in [0, 0.1) is 11.8 Å². The Kier molecular flexibility index (Phi) is 4.41. The molecule has 116 valence electrons. The molecule has 0 radical (unpaired) electrons. The number of amides is 1. The first-order chi connectivity index (χ1) is 9.20. The summed E-state index contributed by atoms with van der Waals surface area (Å²) >= 11 is 0. The third-order valence-corrected chi connectivity index (χ3v) is 5.99. The molecule has 2 fully saturated rings. The van der Waals surface area contributed by atoms with Crippen LogP contribution in [0.25, 0.3) is 0 Å². The fourth-order valence-electron chi connectivity index (χ4n) is 2.97. The van der Waals surface area contributed by atoms with Crippen molar-refractivity contribution in [2.24, 2.45) is 11.8 Å². The number of hydrogen-bond acceptors (Lipinski definition) is 4. The smallest absolute Gasteiger partial charge is 0.227 e. The highest BCUT2D eigenvalue weighted by atomic mass is 32.2. The summed E-state index contributed by atoms with van der Waals surface area (Å²) in [5.74, 6) is 0.0632. The van der Waals surface area contributed by atoms with Crippen LogP contribution in [0.4, 0.5) is 0 Å². The number of ether oxygens (including phenoxy) is 1. The van der Waals surface area contributed by atoms with Gasteiger partial charge >= 0.3 is 0 Å². The average Bonchev–Trinajstić information content (AvgIpc) is 2.61. The molecule has 2 rings (SSSR count). The van der Waals surface area contributed by atoms with Crippen LogP contribution in [0.5, 0.6) is 0 Å². The van der Waals surface area contributed by atoms with Gasteiger partial charge in [0.2, 0.25) is 15.9 Å². The van der Waals surface area contributed by atoms with E-state index in [1.54, 1.807) is 19.0 Å². The molecule has 0 unspecified atom stereocenters. The quantitative estimate of drug-likeness (QED) is 0.741. The van der Waals surface area contributed by atoms with Gasteiger partial charge in [-0.15, -0.1) is 0 Å². The van der Waals surface area contributed by atoms with Crippen molar-refractivity contribution in [3.63, 3.8) is 0 Å². The number of carbonyl (C=O) groups excluding carboxylic acids is 1. The van der Waals surface area contributed by atoms with Crippen LogP contribution in [0.1, 0.15) is 20.3 Å². The molecule has 7 heteroatoms. The van der Waals surface area contributed by atoms with Crippen molar-refractivity contribution >= 4 is 15.9 Å². The number of sulfonamides is 1. The van der Waals surface area contributed by atoms with Crippen LogP contribution >= 0.6 is 0 Å². The highest BCUT2D eigenvalue weighted by Gasteiger charge is 2.47. The summed E-state index contributed by atoms with van der Waals surface area (Å²) in [5, 5.41) is 0. The standard InChI is InChI=1S/C13H24N2O4S/c1-9(2)8-20(17,18)15-6-10-5-11(12(7-15)19-10)13(16)14(3)4/h9-12H,5-8H2,1-4H3/t10-,11+,12-/m0/s1. The molecule has 0 saturated carbocycles. The van der Waals surface area contributed by atoms with Crippen molar-refractivity contribution in [1.82, 2.24) is 9.21 Å². The molecule has 0 aromatic heterocycles. The summed E-state index contributed by atoms with van der Waals surface area (Å²) in [6.45, 7) is 4.47. The molecule has 2 aliphatic rings. The Labute approximate surface area is 121 Å². The molecule has 2 bridgehead atoms. The first kappa shape index (κ1) is 15.7. The average molecular weight is 304 g/mol. The highest BCUT2D eigenvalue weighted by molar-refractivity contribution is 7.89. The van der Waals surface area contributed by atoms with Crippen LogP contribution < -0.4 is 0 Å². The van der Waals surface area contributed by atoms with Gasteiger partial charge in [0.15, 0.2) is 0 Å². The topological polar surface area (TPSA) is 66.9 Å². The molecule has 0 N–H and O–H groups in total. The van der Waals surface area contributed by atoms with Crippen molar-refractivity contribution < 1.29 is 17.9 Å². The molecule has 2 aliphatic heterocycles. The largest absolute Gasteiger partial charge is 0.371 e. The number of nitrogens with zero attached hydrogens (tertiary/aromatic N) is 2. The molecule has 6 nitrogen and oxygen atoms in total. The van der Waals surface area contributed by atoms with Crippen LogP contribution in [-0.4, -0.2) is 68.7 Å². The minimum Gasteiger partial charge on any atom is -0.371 e. The van der Waals surface area contributed by atoms with Crippen molar-refractivity contribution in [3.8, 4) is 0 Å². The van der Waals surface area contributed by atoms with E-state index < -0.39 is 10.0 Å². The lowest BCUT2D eigenvalue weighted by atomic mass is 9.99. The highest BCUT2D eigenvalue weighted by Crippen LogP contribution is 2.34. The van der Waals surface area contributed by atoms with Gasteiger partial charge in [0.1, 0.15) is 0 Å². The molecular formula is C13H24N2O4S. The summed E-state index contributed by atoms with van der Waals surface area (Å²) in [5.41, 5.74) is 0. The Balaban J connectivity index is 2.09. The fraction of sp³-hybridized carbons (Fsp3) is 0.923. The van der Waals surface area contributed by atoms with Crippen molar-refractivity contribution in [2.75, 3.05) is 32.9 Å². The molecule has 0 aromatic carbocycles. The predicted molar refractivity (Wildman–Crippen MR) is 75.7 cm³/mol. The summed E-state index contributed by atoms with van der Waals surface area (Å²) in [6, 6.07) is 0. The van der Waals surface area contributed by atoms with E-state index in [1.165, 1.54) is 4.31 Å². The van der Waals surface area contributed by atoms with E-state index in [0.29, 0.717) is 19.5 Å². The van der Waals surface area contributed by atoms with Crippen molar-refractivity contribution in [3.05, 3.63) is 0 Å². The zero-order chi connectivity index (χ0) is 15.1. The van der Waals surface area contributed by atoms with Gasteiger partial charge in [-0.3, -0.25) is 4.79 Å². The molecule has 0 spiro atoms. The summed E-state index contributed by atoms with van der Waals surface area (Å²) in [6.07, 6.45) is 0.172. The zero-order valence-electron chi connectivity index (χ0n) is 12.6. The maximum absolute atomic E-state index is 12.3. The Morgan fingerprint density at radius 3 is 2.55 bits per heavy atom. The number of carbonyl (C=O) groups is 1. The fourth-order valence-corrected chi connectivity index (χ4v) is 4.79. The Morgan fingerprint density at radius 1 is 1.35 bits per heavy atom. The molecule has 3 atom stereocenters. The Morgan fingerprint density at radius 2 is 2.00 bits per heavy atom. The lowest BCUT2D eigenvalue weighted by Gasteiger charge is -2.32. The van der Waals surface area contributed by atoms with E-state index in [9.17, 15) is 13.2 Å². The molecule has 0 aliphatic carbocycles. The van der Waals surface area contributed by atoms with Crippen LogP contribution in [0.3, 0.4) is 0 Å². The minimum atomic E-state index is -3.25. The summed E-state index contributed by atoms with van der Waals surface area (Å²) in [7, 11) is 0.191. The Bertz CT molecular complexity index is 475. The van der Waals surface area contributed by atoms with E-state index in [-0.39, 0.29) is 35.7 Å². The number of fused-ring (bicyclic) bond motifs is 2. The molecule has 20 heavy (non-hydrogen) atoms. The zero-order valence-corrected chi connectivity index (χ0v) is 13.4. The van der Waals surface area contributed by atoms with Crippen molar-refractivity contribution in [1.29, 1.82) is 0 Å². The van der Waals surface area contributed by atoms with Gasteiger partial charge in [0, 0.05) is 27.2 Å². The van der Waals surface area contributed by atoms with E-state index >= 15 is 0 Å². The monoisotopic (exact) mass is 304 g/mol. The predicted octanol–water partition coefficient (Wildman–Crippen LogP) is 0.150. The first-order valence-electron chi connectivity index (χ1n) is 7.05. The Hall–Kier alpha value is -0.660. The van der Waals surface area contributed by atoms with Gasteiger partial charge in [-0.1, -0.05) is 13.8 Å². The van der Waals surface area contributed by atoms with E-state index in [2.05, 4.69) is 0 Å². The molecule has 2 saturated heterocycles. The second kappa shape index (κ2) is 5.61. The van der Waals surface area contributed by atoms with Gasteiger partial charge in [-0.25, -0.2) is 8.42 Å². The lowest BCUT2D eigenvalue weighted by molar-refractivity contribution is -0.135. The van der Waals surface area contributed by atoms with Crippen LogP contribution in [-0.2, 0) is 19.6 Å². The third-order valence-electron chi connectivity index (χ3n) is 3.82.